The predicted molar refractivity (Wildman–Crippen MR) is 78.3 cm³/mol. The minimum Gasteiger partial charge on any atom is -0.489 e. The lowest BCUT2D eigenvalue weighted by molar-refractivity contribution is -0.123. The number of rotatable bonds is 5. The molecule has 0 aromatic heterocycles. The number of amides is 1. The first-order valence-electron chi connectivity index (χ1n) is 6.58. The molecule has 2 rings (SSSR count). The summed E-state index contributed by atoms with van der Waals surface area (Å²) in [6.45, 7) is 3.40. The zero-order chi connectivity index (χ0) is 13.7. The van der Waals surface area contributed by atoms with Crippen molar-refractivity contribution in [2.24, 2.45) is 0 Å². The molecule has 1 aromatic rings. The van der Waals surface area contributed by atoms with Crippen LogP contribution in [0, 0.1) is 0 Å². The normalized spacial score (nSPS) is 20.0. The Kier molecular flexibility index (Phi) is 5.22. The fraction of sp³-hybridized carbons (Fsp3) is 0.500. The highest BCUT2D eigenvalue weighted by Gasteiger charge is 2.21. The molecule has 0 spiro atoms. The van der Waals surface area contributed by atoms with Gasteiger partial charge in [0.2, 0.25) is 5.91 Å². The van der Waals surface area contributed by atoms with E-state index in [0.29, 0.717) is 6.54 Å². The third-order valence-electron chi connectivity index (χ3n) is 3.07. The van der Waals surface area contributed by atoms with Crippen LogP contribution in [0.1, 0.15) is 19.8 Å². The number of nitrogens with one attached hydrogen (secondary N) is 2. The van der Waals surface area contributed by atoms with E-state index in [0.717, 1.165) is 29.6 Å². The molecule has 0 radical (unpaired) electrons. The van der Waals surface area contributed by atoms with Gasteiger partial charge in [0.05, 0.1) is 12.6 Å². The summed E-state index contributed by atoms with van der Waals surface area (Å²) >= 11 is 3.40. The quantitative estimate of drug-likeness (QED) is 0.871. The van der Waals surface area contributed by atoms with Crippen LogP contribution in [-0.4, -0.2) is 31.1 Å². The maximum atomic E-state index is 11.8. The smallest absolute Gasteiger partial charge is 0.237 e. The number of carbonyl (C=O) groups excluding carboxylic acids is 1. The van der Waals surface area contributed by atoms with Gasteiger partial charge in [0.25, 0.3) is 0 Å². The summed E-state index contributed by atoms with van der Waals surface area (Å²) < 4.78 is 6.73. The molecule has 1 fully saturated rings. The van der Waals surface area contributed by atoms with Crippen LogP contribution < -0.4 is 15.4 Å². The molecule has 0 aliphatic carbocycles. The van der Waals surface area contributed by atoms with Crippen LogP contribution in [0.4, 0.5) is 0 Å². The van der Waals surface area contributed by atoms with E-state index in [2.05, 4.69) is 26.6 Å². The third-order valence-corrected chi connectivity index (χ3v) is 3.57. The van der Waals surface area contributed by atoms with E-state index in [1.54, 1.807) is 0 Å². The highest BCUT2D eigenvalue weighted by atomic mass is 79.9. The topological polar surface area (TPSA) is 50.4 Å². The van der Waals surface area contributed by atoms with E-state index in [1.807, 2.05) is 31.2 Å². The van der Waals surface area contributed by atoms with Gasteiger partial charge in [0, 0.05) is 4.47 Å². The van der Waals surface area contributed by atoms with E-state index in [1.165, 1.54) is 0 Å². The Morgan fingerprint density at radius 1 is 1.63 bits per heavy atom. The summed E-state index contributed by atoms with van der Waals surface area (Å²) in [5, 5.41) is 6.10. The molecule has 1 aliphatic heterocycles. The molecule has 0 saturated carbocycles. The fourth-order valence-corrected chi connectivity index (χ4v) is 2.47. The van der Waals surface area contributed by atoms with Gasteiger partial charge < -0.3 is 15.4 Å². The summed E-state index contributed by atoms with van der Waals surface area (Å²) in [6, 6.07) is 7.66. The number of ether oxygens (including phenoxy) is 1. The lowest BCUT2D eigenvalue weighted by Crippen LogP contribution is -2.43. The van der Waals surface area contributed by atoms with Gasteiger partial charge in [0.1, 0.15) is 11.9 Å². The van der Waals surface area contributed by atoms with Crippen molar-refractivity contribution in [3.63, 3.8) is 0 Å². The number of benzene rings is 1. The SMILES string of the molecule is C[C@@H](CNC(=O)[C@@H]1CCCN1)Oc1cccc(Br)c1. The van der Waals surface area contributed by atoms with Gasteiger partial charge >= 0.3 is 0 Å². The standard InChI is InChI=1S/C14H19BrN2O2/c1-10(19-12-5-2-4-11(15)8-12)9-17-14(18)13-6-3-7-16-13/h2,4-5,8,10,13,16H,3,6-7,9H2,1H3,(H,17,18)/t10-,13-/m0/s1. The molecule has 0 unspecified atom stereocenters. The molecule has 2 N–H and O–H groups in total. The lowest BCUT2D eigenvalue weighted by atomic mass is 10.2. The van der Waals surface area contributed by atoms with Crippen molar-refractivity contribution < 1.29 is 9.53 Å². The molecule has 19 heavy (non-hydrogen) atoms. The number of halogens is 1. The third kappa shape index (κ3) is 4.51. The molecule has 1 aliphatic rings. The van der Waals surface area contributed by atoms with Gasteiger partial charge in [-0.1, -0.05) is 22.0 Å². The summed E-state index contributed by atoms with van der Waals surface area (Å²) in [6.07, 6.45) is 1.94. The van der Waals surface area contributed by atoms with Crippen LogP contribution in [0.15, 0.2) is 28.7 Å². The summed E-state index contributed by atoms with van der Waals surface area (Å²) in [5.74, 6) is 0.873. The molecule has 0 bridgehead atoms. The van der Waals surface area contributed by atoms with Gasteiger partial charge in [-0.25, -0.2) is 0 Å². The average Bonchev–Trinajstić information content (AvgIpc) is 2.90. The molecular formula is C14H19BrN2O2. The first kappa shape index (κ1) is 14.3. The molecular weight excluding hydrogens is 308 g/mol. The summed E-state index contributed by atoms with van der Waals surface area (Å²) in [7, 11) is 0. The average molecular weight is 327 g/mol. The van der Waals surface area contributed by atoms with Gasteiger partial charge in [-0.2, -0.15) is 0 Å². The number of hydrogen-bond acceptors (Lipinski definition) is 3. The van der Waals surface area contributed by atoms with Crippen molar-refractivity contribution >= 4 is 21.8 Å². The Balaban J connectivity index is 1.75. The Morgan fingerprint density at radius 2 is 2.47 bits per heavy atom. The first-order valence-corrected chi connectivity index (χ1v) is 7.38. The number of carbonyl (C=O) groups is 1. The zero-order valence-corrected chi connectivity index (χ0v) is 12.6. The van der Waals surface area contributed by atoms with Gasteiger partial charge in [-0.05, 0) is 44.5 Å². The molecule has 2 atom stereocenters. The molecule has 104 valence electrons. The second-order valence-electron chi connectivity index (χ2n) is 4.78. The van der Waals surface area contributed by atoms with Crippen molar-refractivity contribution in [2.45, 2.75) is 31.9 Å². The van der Waals surface area contributed by atoms with Crippen molar-refractivity contribution in [3.05, 3.63) is 28.7 Å². The highest BCUT2D eigenvalue weighted by Crippen LogP contribution is 2.18. The Morgan fingerprint density at radius 3 is 3.16 bits per heavy atom. The minimum absolute atomic E-state index is 0.0296. The largest absolute Gasteiger partial charge is 0.489 e. The summed E-state index contributed by atoms with van der Waals surface area (Å²) in [5.41, 5.74) is 0. The Bertz CT molecular complexity index is 433. The van der Waals surface area contributed by atoms with Crippen LogP contribution in [0.25, 0.3) is 0 Å². The van der Waals surface area contributed by atoms with E-state index in [4.69, 9.17) is 4.74 Å². The van der Waals surface area contributed by atoms with Crippen LogP contribution in [-0.2, 0) is 4.79 Å². The predicted octanol–water partition coefficient (Wildman–Crippen LogP) is 2.08. The summed E-state index contributed by atoms with van der Waals surface area (Å²) in [4.78, 5) is 11.8. The van der Waals surface area contributed by atoms with E-state index in [9.17, 15) is 4.79 Å². The maximum Gasteiger partial charge on any atom is 0.237 e. The van der Waals surface area contributed by atoms with Gasteiger partial charge in [0.15, 0.2) is 0 Å². The van der Waals surface area contributed by atoms with Crippen LogP contribution in [0.2, 0.25) is 0 Å². The Labute approximate surface area is 122 Å². The second-order valence-corrected chi connectivity index (χ2v) is 5.70. The zero-order valence-electron chi connectivity index (χ0n) is 11.0. The van der Waals surface area contributed by atoms with Crippen LogP contribution in [0.3, 0.4) is 0 Å². The monoisotopic (exact) mass is 326 g/mol. The maximum absolute atomic E-state index is 11.8. The molecule has 1 saturated heterocycles. The molecule has 1 amide bonds. The van der Waals surface area contributed by atoms with Crippen LogP contribution >= 0.6 is 15.9 Å². The minimum atomic E-state index is -0.0559. The van der Waals surface area contributed by atoms with Crippen molar-refractivity contribution in [1.29, 1.82) is 0 Å². The highest BCUT2D eigenvalue weighted by molar-refractivity contribution is 9.10. The van der Waals surface area contributed by atoms with E-state index < -0.39 is 0 Å². The Hall–Kier alpha value is -1.07. The molecule has 5 heteroatoms. The van der Waals surface area contributed by atoms with E-state index >= 15 is 0 Å². The molecule has 1 aromatic carbocycles. The van der Waals surface area contributed by atoms with Gasteiger partial charge in [-0.15, -0.1) is 0 Å². The molecule has 4 nitrogen and oxygen atoms in total. The lowest BCUT2D eigenvalue weighted by Gasteiger charge is -2.17. The van der Waals surface area contributed by atoms with Crippen LogP contribution in [0.5, 0.6) is 5.75 Å². The van der Waals surface area contributed by atoms with Crippen molar-refractivity contribution in [2.75, 3.05) is 13.1 Å². The van der Waals surface area contributed by atoms with Crippen molar-refractivity contribution in [1.82, 2.24) is 10.6 Å². The fourth-order valence-electron chi connectivity index (χ4n) is 2.09. The first-order chi connectivity index (χ1) is 9.15. The molecule has 1 heterocycles. The number of hydrogen-bond donors (Lipinski definition) is 2. The van der Waals surface area contributed by atoms with E-state index in [-0.39, 0.29) is 18.1 Å². The van der Waals surface area contributed by atoms with Crippen molar-refractivity contribution in [3.8, 4) is 5.75 Å². The second kappa shape index (κ2) is 6.91. The van der Waals surface area contributed by atoms with Gasteiger partial charge in [-0.3, -0.25) is 4.79 Å².